The van der Waals surface area contributed by atoms with Crippen molar-refractivity contribution in [3.63, 3.8) is 0 Å². The molecule has 27 heavy (non-hydrogen) atoms. The standard InChI is InChI=1S/C23H15NO3/c25-22(14-24-19-11-9-17(10-12-19)23(26)27)18-8-7-16-6-5-15-3-1-2-4-20(15)21(16)13-18/h1-14H,(H,26,27). The molecule has 1 N–H and O–H groups in total. The highest BCUT2D eigenvalue weighted by atomic mass is 16.4. The van der Waals surface area contributed by atoms with Gasteiger partial charge in [-0.15, -0.1) is 0 Å². The number of rotatable bonds is 4. The molecule has 0 aliphatic heterocycles. The third-order valence-electron chi connectivity index (χ3n) is 4.48. The quantitative estimate of drug-likeness (QED) is 0.308. The molecule has 0 spiro atoms. The van der Waals surface area contributed by atoms with Crippen molar-refractivity contribution >= 4 is 45.2 Å². The van der Waals surface area contributed by atoms with Crippen LogP contribution in [-0.4, -0.2) is 23.1 Å². The number of aromatic carboxylic acids is 1. The fraction of sp³-hybridized carbons (Fsp3) is 0. The van der Waals surface area contributed by atoms with Gasteiger partial charge >= 0.3 is 5.97 Å². The summed E-state index contributed by atoms with van der Waals surface area (Å²) in [5.41, 5.74) is 1.27. The maximum atomic E-state index is 12.5. The van der Waals surface area contributed by atoms with E-state index in [1.54, 1.807) is 18.2 Å². The first-order valence-electron chi connectivity index (χ1n) is 8.45. The highest BCUT2D eigenvalue weighted by Gasteiger charge is 2.07. The van der Waals surface area contributed by atoms with Crippen molar-refractivity contribution in [2.45, 2.75) is 0 Å². The van der Waals surface area contributed by atoms with Gasteiger partial charge in [-0.25, -0.2) is 4.79 Å². The molecular formula is C23H15NO3. The minimum Gasteiger partial charge on any atom is -0.478 e. The molecule has 0 aromatic heterocycles. The summed E-state index contributed by atoms with van der Waals surface area (Å²) in [6.07, 6.45) is 1.27. The van der Waals surface area contributed by atoms with E-state index in [0.29, 0.717) is 11.3 Å². The van der Waals surface area contributed by atoms with Crippen LogP contribution in [0.4, 0.5) is 5.69 Å². The minimum absolute atomic E-state index is 0.182. The lowest BCUT2D eigenvalue weighted by Crippen LogP contribution is -2.00. The van der Waals surface area contributed by atoms with E-state index >= 15 is 0 Å². The molecule has 0 bridgehead atoms. The van der Waals surface area contributed by atoms with Gasteiger partial charge in [0.15, 0.2) is 0 Å². The lowest BCUT2D eigenvalue weighted by Gasteiger charge is -2.05. The van der Waals surface area contributed by atoms with Crippen LogP contribution in [0.2, 0.25) is 0 Å². The van der Waals surface area contributed by atoms with Gasteiger partial charge in [-0.1, -0.05) is 48.5 Å². The van der Waals surface area contributed by atoms with Crippen molar-refractivity contribution in [3.05, 3.63) is 90.0 Å². The molecule has 0 aliphatic carbocycles. The van der Waals surface area contributed by atoms with Crippen LogP contribution in [-0.2, 0) is 0 Å². The van der Waals surface area contributed by atoms with Gasteiger partial charge in [-0.3, -0.25) is 9.79 Å². The number of Topliss-reactive ketones (excluding diaryl/α,β-unsaturated/α-hetero) is 1. The molecule has 0 amide bonds. The Bertz CT molecular complexity index is 1210. The molecule has 130 valence electrons. The number of fused-ring (bicyclic) bond motifs is 3. The van der Waals surface area contributed by atoms with Crippen LogP contribution in [0.15, 0.2) is 83.9 Å². The third kappa shape index (κ3) is 3.33. The smallest absolute Gasteiger partial charge is 0.335 e. The Balaban J connectivity index is 1.66. The summed E-state index contributed by atoms with van der Waals surface area (Å²) in [4.78, 5) is 27.6. The number of carboxylic acids is 1. The number of hydrogen-bond acceptors (Lipinski definition) is 3. The number of carbonyl (C=O) groups is 2. The van der Waals surface area contributed by atoms with E-state index in [2.05, 4.69) is 11.1 Å². The molecule has 4 heteroatoms. The first kappa shape index (κ1) is 16.7. The number of ketones is 1. The normalized spacial score (nSPS) is 11.3. The monoisotopic (exact) mass is 353 g/mol. The highest BCUT2D eigenvalue weighted by Crippen LogP contribution is 2.26. The zero-order valence-electron chi connectivity index (χ0n) is 14.3. The molecule has 0 fully saturated rings. The molecule has 0 saturated carbocycles. The van der Waals surface area contributed by atoms with Crippen molar-refractivity contribution in [1.82, 2.24) is 0 Å². The minimum atomic E-state index is -0.995. The van der Waals surface area contributed by atoms with E-state index < -0.39 is 5.97 Å². The van der Waals surface area contributed by atoms with E-state index in [1.807, 2.05) is 42.5 Å². The summed E-state index contributed by atoms with van der Waals surface area (Å²) in [5, 5.41) is 13.2. The van der Waals surface area contributed by atoms with Crippen LogP contribution >= 0.6 is 0 Å². The Hall–Kier alpha value is -3.79. The Morgan fingerprint density at radius 3 is 2.11 bits per heavy atom. The number of nitrogens with zero attached hydrogens (tertiary/aromatic N) is 1. The van der Waals surface area contributed by atoms with Crippen molar-refractivity contribution < 1.29 is 14.7 Å². The van der Waals surface area contributed by atoms with Crippen molar-refractivity contribution in [3.8, 4) is 0 Å². The molecule has 4 rings (SSSR count). The van der Waals surface area contributed by atoms with Gasteiger partial charge in [0, 0.05) is 5.56 Å². The second-order valence-electron chi connectivity index (χ2n) is 6.20. The topological polar surface area (TPSA) is 66.7 Å². The number of carboxylic acid groups (broad SMARTS) is 1. The Morgan fingerprint density at radius 2 is 1.37 bits per heavy atom. The Labute approximate surface area is 155 Å². The second kappa shape index (κ2) is 6.84. The average molecular weight is 353 g/mol. The second-order valence-corrected chi connectivity index (χ2v) is 6.20. The summed E-state index contributed by atoms with van der Waals surface area (Å²) >= 11 is 0. The fourth-order valence-corrected chi connectivity index (χ4v) is 3.05. The van der Waals surface area contributed by atoms with Gasteiger partial charge in [0.25, 0.3) is 0 Å². The Morgan fingerprint density at radius 1 is 0.741 bits per heavy atom. The molecule has 4 aromatic carbocycles. The van der Waals surface area contributed by atoms with Crippen LogP contribution in [0.1, 0.15) is 20.7 Å². The van der Waals surface area contributed by atoms with Crippen LogP contribution < -0.4 is 0 Å². The predicted octanol–water partition coefficient (Wildman–Crippen LogP) is 5.28. The lowest BCUT2D eigenvalue weighted by atomic mass is 9.99. The number of aliphatic imine (C=N–C) groups is 1. The zero-order valence-corrected chi connectivity index (χ0v) is 14.3. The lowest BCUT2D eigenvalue weighted by molar-refractivity contribution is 0.0696. The van der Waals surface area contributed by atoms with Crippen molar-refractivity contribution in [2.24, 2.45) is 4.99 Å². The summed E-state index contributed by atoms with van der Waals surface area (Å²) in [5.74, 6) is -1.20. The van der Waals surface area contributed by atoms with Crippen molar-refractivity contribution in [1.29, 1.82) is 0 Å². The van der Waals surface area contributed by atoms with Gasteiger partial charge in [0.1, 0.15) is 0 Å². The third-order valence-corrected chi connectivity index (χ3v) is 4.48. The van der Waals surface area contributed by atoms with Gasteiger partial charge < -0.3 is 5.11 Å². The van der Waals surface area contributed by atoms with Gasteiger partial charge in [0.05, 0.1) is 17.5 Å². The van der Waals surface area contributed by atoms with Crippen LogP contribution in [0.3, 0.4) is 0 Å². The van der Waals surface area contributed by atoms with E-state index in [4.69, 9.17) is 5.11 Å². The van der Waals surface area contributed by atoms with Gasteiger partial charge in [0.2, 0.25) is 5.78 Å². The largest absolute Gasteiger partial charge is 0.478 e. The van der Waals surface area contributed by atoms with E-state index in [-0.39, 0.29) is 11.3 Å². The molecule has 0 radical (unpaired) electrons. The summed E-state index contributed by atoms with van der Waals surface area (Å²) in [6, 6.07) is 23.9. The summed E-state index contributed by atoms with van der Waals surface area (Å²) < 4.78 is 0. The molecule has 4 nitrogen and oxygen atoms in total. The number of carbonyl (C=O) groups excluding carboxylic acids is 1. The first-order chi connectivity index (χ1) is 13.1. The summed E-state index contributed by atoms with van der Waals surface area (Å²) in [7, 11) is 0. The molecule has 4 aromatic rings. The molecule has 0 saturated heterocycles. The molecule has 0 aliphatic rings. The SMILES string of the molecule is O=C(O)c1ccc(N=CC(=O)c2ccc3ccc4ccccc4c3c2)cc1. The molecule has 0 heterocycles. The maximum Gasteiger partial charge on any atom is 0.335 e. The fourth-order valence-electron chi connectivity index (χ4n) is 3.05. The van der Waals surface area contributed by atoms with E-state index in [1.165, 1.54) is 18.3 Å². The van der Waals surface area contributed by atoms with Crippen LogP contribution in [0.5, 0.6) is 0 Å². The maximum absolute atomic E-state index is 12.5. The number of benzene rings is 4. The molecular weight excluding hydrogens is 338 g/mol. The van der Waals surface area contributed by atoms with Crippen LogP contribution in [0, 0.1) is 0 Å². The summed E-state index contributed by atoms with van der Waals surface area (Å²) in [6.45, 7) is 0. The first-order valence-corrected chi connectivity index (χ1v) is 8.45. The highest BCUT2D eigenvalue weighted by molar-refractivity contribution is 6.36. The van der Waals surface area contributed by atoms with Gasteiger partial charge in [-0.05, 0) is 51.9 Å². The van der Waals surface area contributed by atoms with Crippen LogP contribution in [0.25, 0.3) is 21.5 Å². The van der Waals surface area contributed by atoms with E-state index in [9.17, 15) is 9.59 Å². The van der Waals surface area contributed by atoms with E-state index in [0.717, 1.165) is 21.5 Å². The average Bonchev–Trinajstić information content (AvgIpc) is 2.71. The zero-order chi connectivity index (χ0) is 18.8. The Kier molecular flexibility index (Phi) is 4.22. The molecule has 0 unspecified atom stereocenters. The predicted molar refractivity (Wildman–Crippen MR) is 107 cm³/mol. The number of hydrogen-bond donors (Lipinski definition) is 1. The van der Waals surface area contributed by atoms with Gasteiger partial charge in [-0.2, -0.15) is 0 Å². The molecule has 0 atom stereocenters. The van der Waals surface area contributed by atoms with Crippen molar-refractivity contribution in [2.75, 3.05) is 0 Å².